The Hall–Kier alpha value is -2.17. The normalized spacial score (nSPS) is 17.3. The molecule has 2 heterocycles. The summed E-state index contributed by atoms with van der Waals surface area (Å²) in [6.07, 6.45) is 1.28. The van der Waals surface area contributed by atoms with E-state index in [9.17, 15) is 13.2 Å². The first-order valence-electron chi connectivity index (χ1n) is 10.3. The Morgan fingerprint density at radius 3 is 2.56 bits per heavy atom. The SMILES string of the molecule is O=C(CSc1nnc(-c2ccc(Br)cc2)n1CCc1ccccc1)N[C@@H]1CCS(=O)(=O)C1. The third-order valence-corrected chi connectivity index (χ3v) is 8.48. The molecule has 1 fully saturated rings. The molecule has 7 nitrogen and oxygen atoms in total. The van der Waals surface area contributed by atoms with Crippen LogP contribution in [0.25, 0.3) is 11.4 Å². The highest BCUT2D eigenvalue weighted by Crippen LogP contribution is 2.26. The first-order valence-corrected chi connectivity index (χ1v) is 13.9. The third kappa shape index (κ3) is 5.99. The van der Waals surface area contributed by atoms with Gasteiger partial charge in [-0.25, -0.2) is 8.42 Å². The number of aryl methyl sites for hydroxylation is 1. The van der Waals surface area contributed by atoms with E-state index in [1.807, 2.05) is 47.0 Å². The van der Waals surface area contributed by atoms with Crippen molar-refractivity contribution in [2.24, 2.45) is 0 Å². The van der Waals surface area contributed by atoms with Gasteiger partial charge < -0.3 is 9.88 Å². The van der Waals surface area contributed by atoms with E-state index >= 15 is 0 Å². The molecule has 3 aromatic rings. The summed E-state index contributed by atoms with van der Waals surface area (Å²) in [5.74, 6) is 0.860. The number of thioether (sulfide) groups is 1. The lowest BCUT2D eigenvalue weighted by Crippen LogP contribution is -2.36. The second kappa shape index (κ2) is 10.2. The Balaban J connectivity index is 1.47. The van der Waals surface area contributed by atoms with Crippen LogP contribution in [-0.2, 0) is 27.6 Å². The molecule has 1 aliphatic rings. The lowest BCUT2D eigenvalue weighted by molar-refractivity contribution is -0.119. The Morgan fingerprint density at radius 1 is 1.12 bits per heavy atom. The first-order chi connectivity index (χ1) is 15.4. The molecule has 1 aromatic heterocycles. The Bertz CT molecular complexity index is 1180. The zero-order valence-corrected chi connectivity index (χ0v) is 20.5. The highest BCUT2D eigenvalue weighted by Gasteiger charge is 2.29. The molecule has 0 bridgehead atoms. The van der Waals surface area contributed by atoms with E-state index in [1.54, 1.807) is 0 Å². The number of hydrogen-bond donors (Lipinski definition) is 1. The number of rotatable bonds is 8. The number of carbonyl (C=O) groups is 1. The van der Waals surface area contributed by atoms with Gasteiger partial charge >= 0.3 is 0 Å². The molecule has 0 saturated carbocycles. The maximum absolute atomic E-state index is 12.4. The molecule has 32 heavy (non-hydrogen) atoms. The summed E-state index contributed by atoms with van der Waals surface area (Å²) in [6, 6.07) is 17.8. The van der Waals surface area contributed by atoms with Crippen LogP contribution in [0, 0.1) is 0 Å². The van der Waals surface area contributed by atoms with Gasteiger partial charge in [0.25, 0.3) is 0 Å². The predicted octanol–water partition coefficient (Wildman–Crippen LogP) is 3.35. The summed E-state index contributed by atoms with van der Waals surface area (Å²) in [4.78, 5) is 12.4. The van der Waals surface area contributed by atoms with Gasteiger partial charge in [-0.15, -0.1) is 10.2 Å². The predicted molar refractivity (Wildman–Crippen MR) is 129 cm³/mol. The van der Waals surface area contributed by atoms with Crippen molar-refractivity contribution in [3.05, 3.63) is 64.6 Å². The van der Waals surface area contributed by atoms with Crippen molar-refractivity contribution in [2.45, 2.75) is 30.6 Å². The van der Waals surface area contributed by atoms with E-state index in [0.717, 1.165) is 22.3 Å². The van der Waals surface area contributed by atoms with E-state index < -0.39 is 9.84 Å². The Kier molecular flexibility index (Phi) is 7.32. The van der Waals surface area contributed by atoms with Gasteiger partial charge in [-0.1, -0.05) is 70.2 Å². The summed E-state index contributed by atoms with van der Waals surface area (Å²) in [5.41, 5.74) is 2.15. The number of aromatic nitrogens is 3. The molecule has 1 saturated heterocycles. The van der Waals surface area contributed by atoms with Gasteiger partial charge in [0.15, 0.2) is 20.8 Å². The molecule has 0 radical (unpaired) electrons. The van der Waals surface area contributed by atoms with Crippen molar-refractivity contribution in [1.82, 2.24) is 20.1 Å². The van der Waals surface area contributed by atoms with Gasteiger partial charge in [-0.3, -0.25) is 4.79 Å². The topological polar surface area (TPSA) is 93.9 Å². The summed E-state index contributed by atoms with van der Waals surface area (Å²) in [5, 5.41) is 12.2. The van der Waals surface area contributed by atoms with Crippen LogP contribution in [0.4, 0.5) is 0 Å². The molecule has 1 amide bonds. The van der Waals surface area contributed by atoms with Crippen molar-refractivity contribution < 1.29 is 13.2 Å². The maximum atomic E-state index is 12.4. The molecule has 168 valence electrons. The number of amides is 1. The van der Waals surface area contributed by atoms with Crippen LogP contribution in [0.3, 0.4) is 0 Å². The smallest absolute Gasteiger partial charge is 0.230 e. The summed E-state index contributed by atoms with van der Waals surface area (Å²) in [7, 11) is -3.03. The summed E-state index contributed by atoms with van der Waals surface area (Å²) >= 11 is 4.77. The number of sulfone groups is 1. The first kappa shape index (κ1) is 23.0. The van der Waals surface area contributed by atoms with Crippen molar-refractivity contribution in [1.29, 1.82) is 0 Å². The van der Waals surface area contributed by atoms with E-state index in [2.05, 4.69) is 43.6 Å². The van der Waals surface area contributed by atoms with Crippen LogP contribution in [0.15, 0.2) is 64.2 Å². The molecule has 1 N–H and O–H groups in total. The minimum absolute atomic E-state index is 0.0182. The molecule has 1 atom stereocenters. The minimum Gasteiger partial charge on any atom is -0.352 e. The molecule has 0 spiro atoms. The van der Waals surface area contributed by atoms with Crippen molar-refractivity contribution in [3.63, 3.8) is 0 Å². The van der Waals surface area contributed by atoms with Crippen LogP contribution in [0.2, 0.25) is 0 Å². The highest BCUT2D eigenvalue weighted by molar-refractivity contribution is 9.10. The molecular formula is C22H23BrN4O3S2. The van der Waals surface area contributed by atoms with Crippen LogP contribution in [-0.4, -0.2) is 52.4 Å². The third-order valence-electron chi connectivity index (χ3n) is 5.22. The van der Waals surface area contributed by atoms with Gasteiger partial charge in [0.2, 0.25) is 5.91 Å². The second-order valence-corrected chi connectivity index (χ2v) is 11.7. The number of carbonyl (C=O) groups excluding carboxylic acids is 1. The van der Waals surface area contributed by atoms with Crippen LogP contribution in [0.1, 0.15) is 12.0 Å². The van der Waals surface area contributed by atoms with Crippen LogP contribution in [0.5, 0.6) is 0 Å². The van der Waals surface area contributed by atoms with Gasteiger partial charge in [0, 0.05) is 22.6 Å². The minimum atomic E-state index is -3.03. The fourth-order valence-electron chi connectivity index (χ4n) is 3.60. The number of hydrogen-bond acceptors (Lipinski definition) is 6. The molecule has 0 unspecified atom stereocenters. The fraction of sp³-hybridized carbons (Fsp3) is 0.318. The zero-order valence-electron chi connectivity index (χ0n) is 17.3. The van der Waals surface area contributed by atoms with E-state index in [4.69, 9.17) is 0 Å². The molecule has 1 aliphatic heterocycles. The number of nitrogens with zero attached hydrogens (tertiary/aromatic N) is 3. The van der Waals surface area contributed by atoms with Crippen molar-refractivity contribution >= 4 is 43.4 Å². The lowest BCUT2D eigenvalue weighted by Gasteiger charge is -2.12. The van der Waals surface area contributed by atoms with Crippen molar-refractivity contribution in [3.8, 4) is 11.4 Å². The lowest BCUT2D eigenvalue weighted by atomic mass is 10.1. The number of halogens is 1. The highest BCUT2D eigenvalue weighted by atomic mass is 79.9. The average molecular weight is 535 g/mol. The van der Waals surface area contributed by atoms with Gasteiger partial charge in [-0.05, 0) is 30.5 Å². The van der Waals surface area contributed by atoms with Gasteiger partial charge in [0.05, 0.1) is 17.3 Å². The number of benzene rings is 2. The van der Waals surface area contributed by atoms with Crippen LogP contribution < -0.4 is 5.32 Å². The molecular weight excluding hydrogens is 512 g/mol. The molecule has 10 heteroatoms. The number of nitrogens with one attached hydrogen (secondary N) is 1. The average Bonchev–Trinajstić information content (AvgIpc) is 3.34. The monoisotopic (exact) mass is 534 g/mol. The van der Waals surface area contributed by atoms with Crippen LogP contribution >= 0.6 is 27.7 Å². The molecule has 4 rings (SSSR count). The van der Waals surface area contributed by atoms with E-state index in [1.165, 1.54) is 17.3 Å². The largest absolute Gasteiger partial charge is 0.352 e. The van der Waals surface area contributed by atoms with E-state index in [-0.39, 0.29) is 29.2 Å². The second-order valence-electron chi connectivity index (χ2n) is 7.66. The fourth-order valence-corrected chi connectivity index (χ4v) is 6.32. The Morgan fingerprint density at radius 2 is 1.88 bits per heavy atom. The summed E-state index contributed by atoms with van der Waals surface area (Å²) in [6.45, 7) is 0.674. The quantitative estimate of drug-likeness (QED) is 0.445. The zero-order chi connectivity index (χ0) is 22.6. The van der Waals surface area contributed by atoms with Gasteiger partial charge in [-0.2, -0.15) is 0 Å². The Labute approximate surface area is 200 Å². The van der Waals surface area contributed by atoms with Gasteiger partial charge in [0.1, 0.15) is 0 Å². The van der Waals surface area contributed by atoms with Crippen molar-refractivity contribution in [2.75, 3.05) is 17.3 Å². The maximum Gasteiger partial charge on any atom is 0.230 e. The van der Waals surface area contributed by atoms with E-state index in [0.29, 0.717) is 18.1 Å². The molecule has 0 aliphatic carbocycles. The summed E-state index contributed by atoms with van der Waals surface area (Å²) < 4.78 is 26.2. The standard InChI is InChI=1S/C22H23BrN4O3S2/c23-18-8-6-17(7-9-18)21-25-26-22(27(21)12-10-16-4-2-1-3-5-16)31-14-20(28)24-19-11-13-32(29,30)15-19/h1-9,19H,10-15H2,(H,24,28)/t19-/m1/s1. The molecule has 2 aromatic carbocycles.